The number of nitriles is 1. The van der Waals surface area contributed by atoms with E-state index in [1.165, 1.54) is 6.07 Å². The SMILES string of the molecule is CC(C)(C#N)CCCS(=O)c1ccccc1F. The molecule has 1 aromatic rings. The summed E-state index contributed by atoms with van der Waals surface area (Å²) < 4.78 is 25.1. The number of halogens is 1. The van der Waals surface area contributed by atoms with E-state index in [1.54, 1.807) is 18.2 Å². The van der Waals surface area contributed by atoms with Gasteiger partial charge in [-0.3, -0.25) is 4.21 Å². The molecule has 0 radical (unpaired) electrons. The van der Waals surface area contributed by atoms with E-state index in [1.807, 2.05) is 13.8 Å². The first-order chi connectivity index (χ1) is 7.96. The minimum Gasteiger partial charge on any atom is -0.254 e. The van der Waals surface area contributed by atoms with Gasteiger partial charge in [-0.2, -0.15) is 5.26 Å². The predicted octanol–water partition coefficient (Wildman–Crippen LogP) is 3.26. The molecule has 0 aliphatic heterocycles. The summed E-state index contributed by atoms with van der Waals surface area (Å²) in [6.07, 6.45) is 1.32. The fourth-order valence-corrected chi connectivity index (χ4v) is 2.58. The Morgan fingerprint density at radius 1 is 1.41 bits per heavy atom. The molecule has 0 bridgehead atoms. The van der Waals surface area contributed by atoms with Crippen LogP contribution in [-0.4, -0.2) is 9.96 Å². The van der Waals surface area contributed by atoms with E-state index in [2.05, 4.69) is 6.07 Å². The first kappa shape index (κ1) is 13.9. The van der Waals surface area contributed by atoms with Gasteiger partial charge in [0.15, 0.2) is 0 Å². The Labute approximate surface area is 104 Å². The molecular formula is C13H16FNOS. The third kappa shape index (κ3) is 4.27. The average molecular weight is 253 g/mol. The average Bonchev–Trinajstić information content (AvgIpc) is 2.29. The van der Waals surface area contributed by atoms with Crippen LogP contribution >= 0.6 is 0 Å². The lowest BCUT2D eigenvalue weighted by Crippen LogP contribution is -2.10. The topological polar surface area (TPSA) is 40.9 Å². The Morgan fingerprint density at radius 2 is 2.06 bits per heavy atom. The number of rotatable bonds is 5. The maximum Gasteiger partial charge on any atom is 0.139 e. The maximum atomic E-state index is 13.3. The summed E-state index contributed by atoms with van der Waals surface area (Å²) in [5.41, 5.74) is -0.403. The Balaban J connectivity index is 2.53. The quantitative estimate of drug-likeness (QED) is 0.808. The minimum atomic E-state index is -1.32. The number of nitrogens with zero attached hydrogens (tertiary/aromatic N) is 1. The highest BCUT2D eigenvalue weighted by Crippen LogP contribution is 2.22. The fourth-order valence-electron chi connectivity index (χ4n) is 1.44. The molecule has 0 saturated carbocycles. The summed E-state index contributed by atoms with van der Waals surface area (Å²) in [6, 6.07) is 8.30. The minimum absolute atomic E-state index is 0.252. The van der Waals surface area contributed by atoms with Crippen molar-refractivity contribution in [1.82, 2.24) is 0 Å². The van der Waals surface area contributed by atoms with Crippen LogP contribution in [0.2, 0.25) is 0 Å². The first-order valence-corrected chi connectivity index (χ1v) is 6.82. The van der Waals surface area contributed by atoms with Crippen LogP contribution in [0.4, 0.5) is 4.39 Å². The van der Waals surface area contributed by atoms with Crippen LogP contribution in [0, 0.1) is 22.6 Å². The molecule has 1 atom stereocenters. The highest BCUT2D eigenvalue weighted by molar-refractivity contribution is 7.85. The Bertz CT molecular complexity index is 451. The standard InChI is InChI=1S/C13H16FNOS/c1-13(2,10-15)8-5-9-17(16)12-7-4-3-6-11(12)14/h3-4,6-7H,5,8-9H2,1-2H3. The molecule has 0 heterocycles. The lowest BCUT2D eigenvalue weighted by Gasteiger charge is -2.14. The van der Waals surface area contributed by atoms with Gasteiger partial charge in [0.2, 0.25) is 0 Å². The predicted molar refractivity (Wildman–Crippen MR) is 66.3 cm³/mol. The smallest absolute Gasteiger partial charge is 0.139 e. The summed E-state index contributed by atoms with van der Waals surface area (Å²) in [6.45, 7) is 3.69. The van der Waals surface area contributed by atoms with E-state index in [4.69, 9.17) is 5.26 Å². The summed E-state index contributed by atoms with van der Waals surface area (Å²) >= 11 is 0. The summed E-state index contributed by atoms with van der Waals surface area (Å²) in [5, 5.41) is 8.83. The van der Waals surface area contributed by atoms with Gasteiger partial charge in [0, 0.05) is 5.75 Å². The van der Waals surface area contributed by atoms with Crippen molar-refractivity contribution in [2.45, 2.75) is 31.6 Å². The van der Waals surface area contributed by atoms with E-state index in [0.717, 1.165) is 0 Å². The Kier molecular flexibility index (Phi) is 4.83. The van der Waals surface area contributed by atoms with E-state index in [-0.39, 0.29) is 4.90 Å². The first-order valence-electron chi connectivity index (χ1n) is 5.50. The highest BCUT2D eigenvalue weighted by Gasteiger charge is 2.17. The zero-order chi connectivity index (χ0) is 12.9. The molecule has 2 nitrogen and oxygen atoms in total. The van der Waals surface area contributed by atoms with Gasteiger partial charge in [-0.1, -0.05) is 12.1 Å². The number of benzene rings is 1. The maximum absolute atomic E-state index is 13.3. The van der Waals surface area contributed by atoms with Crippen LogP contribution in [-0.2, 0) is 10.8 Å². The third-order valence-corrected chi connectivity index (χ3v) is 4.00. The molecule has 0 spiro atoms. The summed E-state index contributed by atoms with van der Waals surface area (Å²) in [4.78, 5) is 0.252. The van der Waals surface area contributed by atoms with Crippen molar-refractivity contribution in [3.05, 3.63) is 30.1 Å². The molecule has 17 heavy (non-hydrogen) atoms. The van der Waals surface area contributed by atoms with Gasteiger partial charge in [-0.15, -0.1) is 0 Å². The Morgan fingerprint density at radius 3 is 2.65 bits per heavy atom. The monoisotopic (exact) mass is 253 g/mol. The molecule has 0 fully saturated rings. The van der Waals surface area contributed by atoms with Crippen molar-refractivity contribution in [1.29, 1.82) is 5.26 Å². The molecule has 0 aromatic heterocycles. The van der Waals surface area contributed by atoms with Crippen molar-refractivity contribution in [2.24, 2.45) is 5.41 Å². The van der Waals surface area contributed by atoms with Gasteiger partial charge in [0.05, 0.1) is 27.2 Å². The van der Waals surface area contributed by atoms with E-state index < -0.39 is 22.0 Å². The molecule has 0 aliphatic rings. The molecule has 0 aliphatic carbocycles. The lowest BCUT2D eigenvalue weighted by atomic mass is 9.90. The van der Waals surface area contributed by atoms with Crippen LogP contribution in [0.3, 0.4) is 0 Å². The van der Waals surface area contributed by atoms with E-state index in [0.29, 0.717) is 18.6 Å². The molecule has 4 heteroatoms. The molecule has 0 amide bonds. The van der Waals surface area contributed by atoms with Crippen molar-refractivity contribution < 1.29 is 8.60 Å². The van der Waals surface area contributed by atoms with Gasteiger partial charge >= 0.3 is 0 Å². The molecule has 1 rings (SSSR count). The highest BCUT2D eigenvalue weighted by atomic mass is 32.2. The molecule has 1 unspecified atom stereocenters. The van der Waals surface area contributed by atoms with Gasteiger partial charge in [0.1, 0.15) is 5.82 Å². The van der Waals surface area contributed by atoms with Gasteiger partial charge in [-0.25, -0.2) is 4.39 Å². The number of hydrogen-bond acceptors (Lipinski definition) is 2. The van der Waals surface area contributed by atoms with E-state index in [9.17, 15) is 8.60 Å². The lowest BCUT2D eigenvalue weighted by molar-refractivity contribution is 0.446. The second-order valence-electron chi connectivity index (χ2n) is 4.58. The zero-order valence-electron chi connectivity index (χ0n) is 10.1. The van der Waals surface area contributed by atoms with Crippen molar-refractivity contribution in [3.8, 4) is 6.07 Å². The Hall–Kier alpha value is -1.21. The molecule has 0 N–H and O–H groups in total. The van der Waals surface area contributed by atoms with Crippen molar-refractivity contribution in [3.63, 3.8) is 0 Å². The second kappa shape index (κ2) is 5.92. The molecule has 92 valence electrons. The normalized spacial score (nSPS) is 13.1. The van der Waals surface area contributed by atoms with Crippen LogP contribution in [0.25, 0.3) is 0 Å². The largest absolute Gasteiger partial charge is 0.254 e. The molecule has 0 saturated heterocycles. The summed E-state index contributed by atoms with van der Waals surface area (Å²) in [7, 11) is -1.32. The van der Waals surface area contributed by atoms with Gasteiger partial charge in [-0.05, 0) is 38.8 Å². The number of hydrogen-bond donors (Lipinski definition) is 0. The third-order valence-electron chi connectivity index (χ3n) is 2.52. The zero-order valence-corrected chi connectivity index (χ0v) is 10.9. The molecular weight excluding hydrogens is 237 g/mol. The van der Waals surface area contributed by atoms with Crippen LogP contribution in [0.1, 0.15) is 26.7 Å². The van der Waals surface area contributed by atoms with Crippen LogP contribution < -0.4 is 0 Å². The van der Waals surface area contributed by atoms with Crippen LogP contribution in [0.15, 0.2) is 29.2 Å². The van der Waals surface area contributed by atoms with Gasteiger partial charge < -0.3 is 0 Å². The molecule has 1 aromatic carbocycles. The van der Waals surface area contributed by atoms with Crippen molar-refractivity contribution >= 4 is 10.8 Å². The second-order valence-corrected chi connectivity index (χ2v) is 6.12. The van der Waals surface area contributed by atoms with Crippen molar-refractivity contribution in [2.75, 3.05) is 5.75 Å². The van der Waals surface area contributed by atoms with E-state index >= 15 is 0 Å². The summed E-state index contributed by atoms with van der Waals surface area (Å²) in [5.74, 6) is -0.0307. The van der Waals surface area contributed by atoms with Gasteiger partial charge in [0.25, 0.3) is 0 Å². The van der Waals surface area contributed by atoms with Crippen LogP contribution in [0.5, 0.6) is 0 Å². The fraction of sp³-hybridized carbons (Fsp3) is 0.462.